The van der Waals surface area contributed by atoms with Gasteiger partial charge >= 0.3 is 5.97 Å². The number of ether oxygens (including phenoxy) is 2. The molecule has 1 atom stereocenters. The van der Waals surface area contributed by atoms with Gasteiger partial charge in [-0.05, 0) is 31.5 Å². The first kappa shape index (κ1) is 16.9. The summed E-state index contributed by atoms with van der Waals surface area (Å²) in [6.45, 7) is 3.75. The van der Waals surface area contributed by atoms with Crippen LogP contribution >= 0.6 is 0 Å². The molecule has 0 aliphatic rings. The van der Waals surface area contributed by atoms with Crippen molar-refractivity contribution in [3.05, 3.63) is 60.2 Å². The van der Waals surface area contributed by atoms with E-state index in [0.29, 0.717) is 0 Å². The van der Waals surface area contributed by atoms with Crippen molar-refractivity contribution in [2.75, 3.05) is 19.5 Å². The lowest BCUT2D eigenvalue weighted by molar-refractivity contribution is -0.151. The van der Waals surface area contributed by atoms with Gasteiger partial charge in [-0.25, -0.2) is 0 Å². The van der Waals surface area contributed by atoms with E-state index >= 15 is 0 Å². The summed E-state index contributed by atoms with van der Waals surface area (Å²) in [5, 5.41) is 3.44. The molecule has 0 amide bonds. The number of methoxy groups -OCH3 is 2. The molecule has 23 heavy (non-hydrogen) atoms. The summed E-state index contributed by atoms with van der Waals surface area (Å²) in [6.07, 6.45) is 0. The Bertz CT molecular complexity index is 653. The summed E-state index contributed by atoms with van der Waals surface area (Å²) in [5.41, 5.74) is 1.09. The fourth-order valence-corrected chi connectivity index (χ4v) is 2.63. The Morgan fingerprint density at radius 1 is 1.00 bits per heavy atom. The van der Waals surface area contributed by atoms with E-state index in [1.54, 1.807) is 7.11 Å². The van der Waals surface area contributed by atoms with Crippen molar-refractivity contribution in [3.63, 3.8) is 0 Å². The molecule has 4 nitrogen and oxygen atoms in total. The third-order valence-corrected chi connectivity index (χ3v) is 3.97. The highest BCUT2D eigenvalue weighted by atomic mass is 16.5. The van der Waals surface area contributed by atoms with E-state index < -0.39 is 5.41 Å². The van der Waals surface area contributed by atoms with Gasteiger partial charge in [0.15, 0.2) is 0 Å². The number of carbonyl (C=O) groups excluding carboxylic acids is 1. The number of anilines is 1. The van der Waals surface area contributed by atoms with Crippen LogP contribution < -0.4 is 10.1 Å². The molecule has 0 bridgehead atoms. The second kappa shape index (κ2) is 7.18. The molecule has 0 saturated carbocycles. The van der Waals surface area contributed by atoms with E-state index in [0.717, 1.165) is 17.0 Å². The van der Waals surface area contributed by atoms with Crippen molar-refractivity contribution < 1.29 is 14.3 Å². The third kappa shape index (κ3) is 3.65. The lowest BCUT2D eigenvalue weighted by Crippen LogP contribution is -2.36. The lowest BCUT2D eigenvalue weighted by Gasteiger charge is -2.34. The molecule has 0 unspecified atom stereocenters. The van der Waals surface area contributed by atoms with Crippen molar-refractivity contribution in [3.8, 4) is 5.75 Å². The summed E-state index contributed by atoms with van der Waals surface area (Å²) in [4.78, 5) is 12.3. The molecular weight excluding hydrogens is 290 g/mol. The number of carbonyl (C=O) groups is 1. The molecule has 1 N–H and O–H groups in total. The first-order valence-electron chi connectivity index (χ1n) is 7.53. The van der Waals surface area contributed by atoms with E-state index in [1.807, 2.05) is 68.4 Å². The Morgan fingerprint density at radius 3 is 2.22 bits per heavy atom. The fourth-order valence-electron chi connectivity index (χ4n) is 2.63. The Kier molecular flexibility index (Phi) is 5.27. The van der Waals surface area contributed by atoms with Gasteiger partial charge in [0.25, 0.3) is 0 Å². The predicted molar refractivity (Wildman–Crippen MR) is 91.6 cm³/mol. The van der Waals surface area contributed by atoms with Crippen molar-refractivity contribution in [2.24, 2.45) is 5.41 Å². The van der Waals surface area contributed by atoms with Gasteiger partial charge in [0.1, 0.15) is 5.75 Å². The number of hydrogen-bond acceptors (Lipinski definition) is 4. The Balaban J connectivity index is 2.44. The van der Waals surface area contributed by atoms with Gasteiger partial charge in [0, 0.05) is 0 Å². The SMILES string of the molecule is COC(=O)C(C)(C)[C@@H](Nc1ccccc1OC)c1ccccc1. The molecule has 0 aliphatic heterocycles. The van der Waals surface area contributed by atoms with Gasteiger partial charge in [-0.15, -0.1) is 0 Å². The van der Waals surface area contributed by atoms with E-state index in [4.69, 9.17) is 9.47 Å². The Hall–Kier alpha value is -2.49. The number of para-hydroxylation sites is 2. The van der Waals surface area contributed by atoms with Gasteiger partial charge < -0.3 is 14.8 Å². The first-order valence-corrected chi connectivity index (χ1v) is 7.53. The number of esters is 1. The number of rotatable bonds is 6. The molecular formula is C19H23NO3. The highest BCUT2D eigenvalue weighted by molar-refractivity contribution is 5.78. The second-order valence-corrected chi connectivity index (χ2v) is 5.90. The summed E-state index contributed by atoms with van der Waals surface area (Å²) in [5.74, 6) is 0.461. The summed E-state index contributed by atoms with van der Waals surface area (Å²) >= 11 is 0. The zero-order valence-electron chi connectivity index (χ0n) is 14.0. The minimum absolute atomic E-state index is 0.257. The van der Waals surface area contributed by atoms with Crippen molar-refractivity contribution in [1.82, 2.24) is 0 Å². The molecule has 0 fully saturated rings. The standard InChI is InChI=1S/C19H23NO3/c1-19(2,18(21)23-4)17(14-10-6-5-7-11-14)20-15-12-8-9-13-16(15)22-3/h5-13,17,20H,1-4H3/t17-/m0/s1. The van der Waals surface area contributed by atoms with Crippen LogP contribution in [0.15, 0.2) is 54.6 Å². The molecule has 2 aromatic rings. The van der Waals surface area contributed by atoms with Gasteiger partial charge in [0.05, 0.1) is 31.4 Å². The van der Waals surface area contributed by atoms with Gasteiger partial charge in [-0.1, -0.05) is 42.5 Å². The molecule has 0 aromatic heterocycles. The molecule has 0 aliphatic carbocycles. The van der Waals surface area contributed by atoms with Crippen LogP contribution in [0, 0.1) is 5.41 Å². The predicted octanol–water partition coefficient (Wildman–Crippen LogP) is 4.05. The van der Waals surface area contributed by atoms with E-state index in [-0.39, 0.29) is 12.0 Å². The van der Waals surface area contributed by atoms with E-state index in [9.17, 15) is 4.79 Å². The largest absolute Gasteiger partial charge is 0.495 e. The summed E-state index contributed by atoms with van der Waals surface area (Å²) in [6, 6.07) is 17.3. The van der Waals surface area contributed by atoms with Gasteiger partial charge in [-0.2, -0.15) is 0 Å². The first-order chi connectivity index (χ1) is 11.0. The Morgan fingerprint density at radius 2 is 1.61 bits per heavy atom. The maximum atomic E-state index is 12.3. The number of benzene rings is 2. The normalized spacial score (nSPS) is 12.3. The highest BCUT2D eigenvalue weighted by Gasteiger charge is 2.39. The minimum atomic E-state index is -0.753. The zero-order chi connectivity index (χ0) is 16.9. The van der Waals surface area contributed by atoms with Crippen LogP contribution in [0.1, 0.15) is 25.5 Å². The molecule has 0 heterocycles. The zero-order valence-corrected chi connectivity index (χ0v) is 14.0. The molecule has 4 heteroatoms. The number of nitrogens with one attached hydrogen (secondary N) is 1. The average Bonchev–Trinajstić information content (AvgIpc) is 2.59. The number of hydrogen-bond donors (Lipinski definition) is 1. The summed E-state index contributed by atoms with van der Waals surface area (Å²) in [7, 11) is 3.04. The van der Waals surface area contributed by atoms with Crippen LogP contribution in [0.3, 0.4) is 0 Å². The Labute approximate surface area is 137 Å². The maximum Gasteiger partial charge on any atom is 0.313 e. The third-order valence-electron chi connectivity index (χ3n) is 3.97. The topological polar surface area (TPSA) is 47.6 Å². The van der Waals surface area contributed by atoms with Crippen molar-refractivity contribution >= 4 is 11.7 Å². The summed E-state index contributed by atoms with van der Waals surface area (Å²) < 4.78 is 10.4. The van der Waals surface area contributed by atoms with Crippen LogP contribution in [0.2, 0.25) is 0 Å². The van der Waals surface area contributed by atoms with Crippen LogP contribution in [0.25, 0.3) is 0 Å². The van der Waals surface area contributed by atoms with Crippen molar-refractivity contribution in [2.45, 2.75) is 19.9 Å². The van der Waals surface area contributed by atoms with Gasteiger partial charge in [0.2, 0.25) is 0 Å². The quantitative estimate of drug-likeness (QED) is 0.817. The van der Waals surface area contributed by atoms with Crippen LogP contribution in [0.5, 0.6) is 5.75 Å². The molecule has 0 radical (unpaired) electrons. The minimum Gasteiger partial charge on any atom is -0.495 e. The van der Waals surface area contributed by atoms with Crippen LogP contribution in [-0.4, -0.2) is 20.2 Å². The monoisotopic (exact) mass is 313 g/mol. The molecule has 2 rings (SSSR count). The maximum absolute atomic E-state index is 12.3. The average molecular weight is 313 g/mol. The molecule has 2 aromatic carbocycles. The van der Waals surface area contributed by atoms with E-state index in [2.05, 4.69) is 5.32 Å². The smallest absolute Gasteiger partial charge is 0.313 e. The van der Waals surface area contributed by atoms with Crippen LogP contribution in [0.4, 0.5) is 5.69 Å². The molecule has 0 saturated heterocycles. The van der Waals surface area contributed by atoms with E-state index in [1.165, 1.54) is 7.11 Å². The highest BCUT2D eigenvalue weighted by Crippen LogP contribution is 2.39. The molecule has 0 spiro atoms. The fraction of sp³-hybridized carbons (Fsp3) is 0.316. The van der Waals surface area contributed by atoms with Crippen molar-refractivity contribution in [1.29, 1.82) is 0 Å². The second-order valence-electron chi connectivity index (χ2n) is 5.90. The van der Waals surface area contributed by atoms with Gasteiger partial charge in [-0.3, -0.25) is 4.79 Å². The van der Waals surface area contributed by atoms with Crippen LogP contribution in [-0.2, 0) is 9.53 Å². The molecule has 122 valence electrons. The lowest BCUT2D eigenvalue weighted by atomic mass is 9.80.